The second-order valence-corrected chi connectivity index (χ2v) is 8.12. The highest BCUT2D eigenvalue weighted by Crippen LogP contribution is 2.36. The lowest BCUT2D eigenvalue weighted by Gasteiger charge is -2.35. The first-order valence-corrected chi connectivity index (χ1v) is 10.6. The van der Waals surface area contributed by atoms with Gasteiger partial charge < -0.3 is 15.1 Å². The van der Waals surface area contributed by atoms with E-state index in [9.17, 15) is 4.79 Å². The highest BCUT2D eigenvalue weighted by molar-refractivity contribution is 6.04. The topological polar surface area (TPSA) is 51.7 Å². The molecule has 0 radical (unpaired) electrons. The van der Waals surface area contributed by atoms with E-state index in [-0.39, 0.29) is 5.91 Å². The van der Waals surface area contributed by atoms with Crippen molar-refractivity contribution in [3.63, 3.8) is 0 Å². The van der Waals surface area contributed by atoms with Crippen LogP contribution < -0.4 is 15.1 Å². The van der Waals surface area contributed by atoms with Crippen molar-refractivity contribution in [2.24, 2.45) is 0 Å². The van der Waals surface area contributed by atoms with E-state index < -0.39 is 0 Å². The maximum Gasteiger partial charge on any atom is 0.238 e. The first kappa shape index (κ1) is 18.9. The van der Waals surface area contributed by atoms with Gasteiger partial charge in [0.25, 0.3) is 0 Å². The SMILES string of the molecule is CN1CCc2c1nc1ccccc1c2NC(=O)CN1CCN(c2ccccc2)CC1. The lowest BCUT2D eigenvalue weighted by molar-refractivity contribution is -0.117. The maximum absolute atomic E-state index is 13.0. The number of piperazine rings is 1. The van der Waals surface area contributed by atoms with Crippen molar-refractivity contribution in [2.75, 3.05) is 61.4 Å². The molecule has 0 bridgehead atoms. The number of hydrogen-bond donors (Lipinski definition) is 1. The highest BCUT2D eigenvalue weighted by atomic mass is 16.2. The smallest absolute Gasteiger partial charge is 0.238 e. The van der Waals surface area contributed by atoms with Crippen LogP contribution in [0.4, 0.5) is 17.2 Å². The molecule has 2 aromatic carbocycles. The number of carbonyl (C=O) groups excluding carboxylic acids is 1. The third kappa shape index (κ3) is 3.59. The van der Waals surface area contributed by atoms with Crippen LogP contribution in [0.1, 0.15) is 5.56 Å². The van der Waals surface area contributed by atoms with E-state index in [0.29, 0.717) is 6.54 Å². The first-order chi connectivity index (χ1) is 14.7. The van der Waals surface area contributed by atoms with Crippen LogP contribution in [0.15, 0.2) is 54.6 Å². The van der Waals surface area contributed by atoms with Crippen molar-refractivity contribution in [1.29, 1.82) is 0 Å². The van der Waals surface area contributed by atoms with Crippen LogP contribution in [-0.2, 0) is 11.2 Å². The van der Waals surface area contributed by atoms with Gasteiger partial charge in [0.1, 0.15) is 5.82 Å². The van der Waals surface area contributed by atoms with E-state index in [4.69, 9.17) is 4.98 Å². The van der Waals surface area contributed by atoms with E-state index in [2.05, 4.69) is 57.4 Å². The molecule has 5 rings (SSSR count). The molecule has 0 unspecified atom stereocenters. The third-order valence-electron chi connectivity index (χ3n) is 6.16. The molecule has 1 saturated heterocycles. The van der Waals surface area contributed by atoms with Gasteiger partial charge in [0.15, 0.2) is 0 Å². The van der Waals surface area contributed by atoms with Gasteiger partial charge in [-0.3, -0.25) is 9.69 Å². The number of aromatic nitrogens is 1. The van der Waals surface area contributed by atoms with Crippen LogP contribution in [0.2, 0.25) is 0 Å². The second kappa shape index (κ2) is 7.95. The zero-order valence-corrected chi connectivity index (χ0v) is 17.3. The number of nitrogens with one attached hydrogen (secondary N) is 1. The normalized spacial score (nSPS) is 16.7. The first-order valence-electron chi connectivity index (χ1n) is 10.6. The minimum Gasteiger partial charge on any atom is -0.369 e. The number of amides is 1. The lowest BCUT2D eigenvalue weighted by Crippen LogP contribution is -2.48. The van der Waals surface area contributed by atoms with Gasteiger partial charge in [-0.2, -0.15) is 0 Å². The van der Waals surface area contributed by atoms with Gasteiger partial charge in [-0.05, 0) is 24.6 Å². The Kier molecular flexibility index (Phi) is 5.01. The fraction of sp³-hybridized carbons (Fsp3) is 0.333. The Morgan fingerprint density at radius 1 is 0.967 bits per heavy atom. The van der Waals surface area contributed by atoms with Gasteiger partial charge >= 0.3 is 0 Å². The summed E-state index contributed by atoms with van der Waals surface area (Å²) < 4.78 is 0. The quantitative estimate of drug-likeness (QED) is 0.728. The predicted octanol–water partition coefficient (Wildman–Crippen LogP) is 2.99. The van der Waals surface area contributed by atoms with E-state index in [0.717, 1.165) is 67.1 Å². The Morgan fingerprint density at radius 3 is 2.50 bits per heavy atom. The van der Waals surface area contributed by atoms with Crippen molar-refractivity contribution in [2.45, 2.75) is 6.42 Å². The summed E-state index contributed by atoms with van der Waals surface area (Å²) in [5.41, 5.74) is 4.27. The van der Waals surface area contributed by atoms with Crippen LogP contribution in [0.25, 0.3) is 10.9 Å². The average Bonchev–Trinajstić information content (AvgIpc) is 3.15. The van der Waals surface area contributed by atoms with Crippen molar-refractivity contribution in [3.05, 3.63) is 60.2 Å². The van der Waals surface area contributed by atoms with E-state index in [1.54, 1.807) is 0 Å². The number of carbonyl (C=O) groups is 1. The highest BCUT2D eigenvalue weighted by Gasteiger charge is 2.25. The van der Waals surface area contributed by atoms with Crippen LogP contribution >= 0.6 is 0 Å². The number of anilines is 3. The van der Waals surface area contributed by atoms with Crippen molar-refractivity contribution < 1.29 is 4.79 Å². The molecule has 1 aromatic heterocycles. The zero-order chi connectivity index (χ0) is 20.5. The summed E-state index contributed by atoms with van der Waals surface area (Å²) in [5.74, 6) is 1.04. The summed E-state index contributed by atoms with van der Waals surface area (Å²) in [4.78, 5) is 24.6. The number of nitrogens with zero attached hydrogens (tertiary/aromatic N) is 4. The molecule has 0 atom stereocenters. The van der Waals surface area contributed by atoms with Gasteiger partial charge in [0.05, 0.1) is 17.7 Å². The minimum atomic E-state index is 0.0521. The maximum atomic E-state index is 13.0. The predicted molar refractivity (Wildman–Crippen MR) is 122 cm³/mol. The molecule has 1 amide bonds. The molecule has 3 aromatic rings. The molecule has 3 heterocycles. The van der Waals surface area contributed by atoms with Gasteiger partial charge in [-0.25, -0.2) is 4.98 Å². The summed E-state index contributed by atoms with van der Waals surface area (Å²) in [5, 5.41) is 4.26. The van der Waals surface area contributed by atoms with Crippen LogP contribution in [-0.4, -0.2) is 62.1 Å². The summed E-state index contributed by atoms with van der Waals surface area (Å²) in [6.07, 6.45) is 0.912. The van der Waals surface area contributed by atoms with E-state index in [1.165, 1.54) is 5.69 Å². The Balaban J connectivity index is 1.28. The molecular formula is C24H27N5O. The number of pyridine rings is 1. The number of rotatable bonds is 4. The van der Waals surface area contributed by atoms with E-state index in [1.807, 2.05) is 24.3 Å². The van der Waals surface area contributed by atoms with Crippen molar-refractivity contribution in [3.8, 4) is 0 Å². The minimum absolute atomic E-state index is 0.0521. The second-order valence-electron chi connectivity index (χ2n) is 8.12. The molecule has 30 heavy (non-hydrogen) atoms. The number of para-hydroxylation sites is 2. The number of likely N-dealkylation sites (N-methyl/N-ethyl adjacent to an activating group) is 1. The molecule has 154 valence electrons. The Bertz CT molecular complexity index is 1060. The Hall–Kier alpha value is -3.12. The largest absolute Gasteiger partial charge is 0.369 e. The van der Waals surface area contributed by atoms with Crippen molar-refractivity contribution in [1.82, 2.24) is 9.88 Å². The van der Waals surface area contributed by atoms with Gasteiger partial charge in [0, 0.05) is 56.4 Å². The molecule has 0 aliphatic carbocycles. The average molecular weight is 402 g/mol. The molecule has 6 nitrogen and oxygen atoms in total. The molecule has 2 aliphatic heterocycles. The monoisotopic (exact) mass is 401 g/mol. The summed E-state index contributed by atoms with van der Waals surface area (Å²) >= 11 is 0. The fourth-order valence-electron chi connectivity index (χ4n) is 4.50. The molecular weight excluding hydrogens is 374 g/mol. The standard InChI is InChI=1S/C24H27N5O/c1-27-12-11-20-23(19-9-5-6-10-21(19)25-24(20)27)26-22(30)17-28-13-15-29(16-14-28)18-7-3-2-4-8-18/h2-10H,11-17H2,1H3,(H,25,26,30). The summed E-state index contributed by atoms with van der Waals surface area (Å²) in [6.45, 7) is 5.01. The van der Waals surface area contributed by atoms with Gasteiger partial charge in [-0.1, -0.05) is 36.4 Å². The lowest BCUT2D eigenvalue weighted by atomic mass is 10.1. The van der Waals surface area contributed by atoms with E-state index >= 15 is 0 Å². The van der Waals surface area contributed by atoms with Gasteiger partial charge in [0.2, 0.25) is 5.91 Å². The van der Waals surface area contributed by atoms with Crippen molar-refractivity contribution >= 4 is 34.0 Å². The summed E-state index contributed by atoms with van der Waals surface area (Å²) in [6, 6.07) is 18.6. The zero-order valence-electron chi connectivity index (χ0n) is 17.3. The molecule has 0 spiro atoms. The molecule has 6 heteroatoms. The molecule has 0 saturated carbocycles. The Morgan fingerprint density at radius 2 is 1.70 bits per heavy atom. The van der Waals surface area contributed by atoms with Gasteiger partial charge in [-0.15, -0.1) is 0 Å². The Labute approximate surface area is 177 Å². The third-order valence-corrected chi connectivity index (χ3v) is 6.16. The fourth-order valence-corrected chi connectivity index (χ4v) is 4.50. The summed E-state index contributed by atoms with van der Waals surface area (Å²) in [7, 11) is 2.06. The molecule has 1 N–H and O–H groups in total. The molecule has 1 fully saturated rings. The molecule has 2 aliphatic rings. The number of hydrogen-bond acceptors (Lipinski definition) is 5. The number of fused-ring (bicyclic) bond motifs is 2. The van der Waals surface area contributed by atoms with Crippen LogP contribution in [0.5, 0.6) is 0 Å². The van der Waals surface area contributed by atoms with Crippen LogP contribution in [0.3, 0.4) is 0 Å². The van der Waals surface area contributed by atoms with Crippen LogP contribution in [0, 0.1) is 0 Å². The number of benzene rings is 2.